The van der Waals surface area contributed by atoms with Crippen molar-refractivity contribution in [3.63, 3.8) is 0 Å². The van der Waals surface area contributed by atoms with E-state index in [1.54, 1.807) is 6.07 Å². The van der Waals surface area contributed by atoms with Crippen LogP contribution in [0.2, 0.25) is 0 Å². The van der Waals surface area contributed by atoms with Crippen LogP contribution in [0, 0.1) is 10.1 Å². The quantitative estimate of drug-likeness (QED) is 0.651. The number of piperazine rings is 1. The maximum Gasteiger partial charge on any atom is 0.325 e. The highest BCUT2D eigenvalue weighted by Gasteiger charge is 2.30. The van der Waals surface area contributed by atoms with E-state index in [9.17, 15) is 20.0 Å². The summed E-state index contributed by atoms with van der Waals surface area (Å²) in [5.41, 5.74) is 0.382. The molecule has 1 heterocycles. The number of hydrogen-bond donors (Lipinski definition) is 1. The van der Waals surface area contributed by atoms with E-state index in [1.165, 1.54) is 18.2 Å². The summed E-state index contributed by atoms with van der Waals surface area (Å²) in [5, 5.41) is 20.3. The molecule has 1 aliphatic heterocycles. The second-order valence-electron chi connectivity index (χ2n) is 5.06. The lowest BCUT2D eigenvalue weighted by Crippen LogP contribution is -2.49. The predicted molar refractivity (Wildman–Crippen MR) is 77.2 cm³/mol. The Labute approximate surface area is 122 Å². The summed E-state index contributed by atoms with van der Waals surface area (Å²) in [4.78, 5) is 26.1. The molecule has 1 aromatic rings. The monoisotopic (exact) mass is 293 g/mol. The number of likely N-dealkylation sites (N-methyl/N-ethyl adjacent to an activating group) is 1. The molecule has 0 radical (unpaired) electrons. The fraction of sp³-hybridized carbons (Fsp3) is 0.500. The third kappa shape index (κ3) is 3.56. The fourth-order valence-corrected chi connectivity index (χ4v) is 2.66. The lowest BCUT2D eigenvalue weighted by atomic mass is 10.0. The van der Waals surface area contributed by atoms with E-state index in [2.05, 4.69) is 11.8 Å². The van der Waals surface area contributed by atoms with Gasteiger partial charge >= 0.3 is 5.97 Å². The van der Waals surface area contributed by atoms with Crippen LogP contribution in [0.4, 0.5) is 5.69 Å². The second kappa shape index (κ2) is 6.64. The number of nitro benzene ring substituents is 1. The van der Waals surface area contributed by atoms with Crippen molar-refractivity contribution in [3.8, 4) is 0 Å². The molecule has 0 aliphatic carbocycles. The molecule has 114 valence electrons. The van der Waals surface area contributed by atoms with E-state index in [0.29, 0.717) is 18.7 Å². The molecular formula is C14H19N3O4. The molecule has 1 aliphatic rings. The average molecular weight is 293 g/mol. The van der Waals surface area contributed by atoms with Gasteiger partial charge in [0.2, 0.25) is 0 Å². The maximum absolute atomic E-state index is 11.6. The van der Waals surface area contributed by atoms with Gasteiger partial charge in [0.1, 0.15) is 6.04 Å². The summed E-state index contributed by atoms with van der Waals surface area (Å²) in [6.07, 6.45) is 0. The largest absolute Gasteiger partial charge is 0.480 e. The molecule has 0 aromatic heterocycles. The van der Waals surface area contributed by atoms with E-state index in [4.69, 9.17) is 0 Å². The van der Waals surface area contributed by atoms with Crippen LogP contribution in [0.3, 0.4) is 0 Å². The van der Waals surface area contributed by atoms with Crippen molar-refractivity contribution in [1.82, 2.24) is 9.80 Å². The summed E-state index contributed by atoms with van der Waals surface area (Å²) >= 11 is 0. The van der Waals surface area contributed by atoms with Gasteiger partial charge in [0.05, 0.1) is 4.92 Å². The highest BCUT2D eigenvalue weighted by molar-refractivity contribution is 5.76. The van der Waals surface area contributed by atoms with Gasteiger partial charge in [-0.25, -0.2) is 0 Å². The summed E-state index contributed by atoms with van der Waals surface area (Å²) in [6, 6.07) is 5.07. The number of rotatable bonds is 5. The van der Waals surface area contributed by atoms with E-state index >= 15 is 0 Å². The Balaban J connectivity index is 2.22. The second-order valence-corrected chi connectivity index (χ2v) is 5.06. The minimum atomic E-state index is -0.972. The van der Waals surface area contributed by atoms with Crippen LogP contribution in [0.15, 0.2) is 24.3 Å². The van der Waals surface area contributed by atoms with Crippen molar-refractivity contribution < 1.29 is 14.8 Å². The molecule has 2 rings (SSSR count). The highest BCUT2D eigenvalue weighted by atomic mass is 16.6. The minimum Gasteiger partial charge on any atom is -0.480 e. The molecule has 1 aromatic carbocycles. The first-order valence-corrected chi connectivity index (χ1v) is 6.96. The van der Waals surface area contributed by atoms with Gasteiger partial charge in [-0.2, -0.15) is 0 Å². The first kappa shape index (κ1) is 15.4. The van der Waals surface area contributed by atoms with Crippen LogP contribution >= 0.6 is 0 Å². The minimum absolute atomic E-state index is 0.0778. The Morgan fingerprint density at radius 2 is 2.05 bits per heavy atom. The number of benzene rings is 1. The molecule has 7 heteroatoms. The summed E-state index contributed by atoms with van der Waals surface area (Å²) in [5.74, 6) is -0.972. The summed E-state index contributed by atoms with van der Waals surface area (Å²) in [7, 11) is 0. The number of nitrogens with zero attached hydrogens (tertiary/aromatic N) is 3. The maximum atomic E-state index is 11.6. The van der Waals surface area contributed by atoms with Crippen LogP contribution in [-0.2, 0) is 4.79 Å². The van der Waals surface area contributed by atoms with Gasteiger partial charge in [-0.05, 0) is 12.1 Å². The third-order valence-corrected chi connectivity index (χ3v) is 3.85. The zero-order valence-electron chi connectivity index (χ0n) is 11.9. The number of nitro groups is 1. The number of non-ortho nitro benzene ring substituents is 1. The van der Waals surface area contributed by atoms with Gasteiger partial charge in [-0.15, -0.1) is 0 Å². The van der Waals surface area contributed by atoms with Crippen LogP contribution in [0.1, 0.15) is 18.5 Å². The molecule has 1 N–H and O–H groups in total. The number of carbonyl (C=O) groups is 1. The molecule has 0 amide bonds. The smallest absolute Gasteiger partial charge is 0.325 e. The Hall–Kier alpha value is -1.99. The molecule has 1 atom stereocenters. The lowest BCUT2D eigenvalue weighted by molar-refractivity contribution is -0.384. The first-order valence-electron chi connectivity index (χ1n) is 6.96. The van der Waals surface area contributed by atoms with Crippen molar-refractivity contribution in [2.75, 3.05) is 32.7 Å². The topological polar surface area (TPSA) is 86.9 Å². The van der Waals surface area contributed by atoms with Gasteiger partial charge in [0.15, 0.2) is 0 Å². The van der Waals surface area contributed by atoms with E-state index in [-0.39, 0.29) is 5.69 Å². The molecule has 1 fully saturated rings. The molecule has 1 saturated heterocycles. The van der Waals surface area contributed by atoms with Crippen molar-refractivity contribution >= 4 is 11.7 Å². The van der Waals surface area contributed by atoms with E-state index in [0.717, 1.165) is 19.6 Å². The van der Waals surface area contributed by atoms with Crippen LogP contribution in [-0.4, -0.2) is 58.5 Å². The normalized spacial score (nSPS) is 18.3. The number of carboxylic acid groups (broad SMARTS) is 1. The molecular weight excluding hydrogens is 274 g/mol. The molecule has 1 unspecified atom stereocenters. The van der Waals surface area contributed by atoms with Gasteiger partial charge in [-0.1, -0.05) is 19.1 Å². The highest BCUT2D eigenvalue weighted by Crippen LogP contribution is 2.25. The van der Waals surface area contributed by atoms with E-state index < -0.39 is 16.9 Å². The average Bonchev–Trinajstić information content (AvgIpc) is 2.48. The summed E-state index contributed by atoms with van der Waals surface area (Å²) < 4.78 is 0. The Morgan fingerprint density at radius 3 is 2.57 bits per heavy atom. The Morgan fingerprint density at radius 1 is 1.38 bits per heavy atom. The van der Waals surface area contributed by atoms with Gasteiger partial charge in [0, 0.05) is 38.3 Å². The molecule has 0 spiro atoms. The van der Waals surface area contributed by atoms with Crippen LogP contribution in [0.25, 0.3) is 0 Å². The van der Waals surface area contributed by atoms with Gasteiger partial charge in [0.25, 0.3) is 5.69 Å². The predicted octanol–water partition coefficient (Wildman–Crippen LogP) is 1.36. The van der Waals surface area contributed by atoms with Crippen molar-refractivity contribution in [2.45, 2.75) is 13.0 Å². The lowest BCUT2D eigenvalue weighted by Gasteiger charge is -2.37. The van der Waals surface area contributed by atoms with Crippen LogP contribution in [0.5, 0.6) is 0 Å². The Bertz CT molecular complexity index is 527. The third-order valence-electron chi connectivity index (χ3n) is 3.85. The van der Waals surface area contributed by atoms with Gasteiger partial charge < -0.3 is 10.0 Å². The number of hydrogen-bond acceptors (Lipinski definition) is 5. The standard InChI is InChI=1S/C14H19N3O4/c1-2-15-6-8-16(9-7-15)13(14(18)19)11-4-3-5-12(10-11)17(20)21/h3-5,10,13H,2,6-9H2,1H3,(H,18,19). The SMILES string of the molecule is CCN1CCN(C(C(=O)O)c2cccc([N+](=O)[O-])c2)CC1. The summed E-state index contributed by atoms with van der Waals surface area (Å²) in [6.45, 7) is 5.94. The number of aliphatic carboxylic acids is 1. The van der Waals surface area contributed by atoms with Crippen molar-refractivity contribution in [3.05, 3.63) is 39.9 Å². The van der Waals surface area contributed by atoms with Crippen LogP contribution < -0.4 is 0 Å². The number of carboxylic acids is 1. The first-order chi connectivity index (χ1) is 10.0. The van der Waals surface area contributed by atoms with Crippen molar-refractivity contribution in [1.29, 1.82) is 0 Å². The van der Waals surface area contributed by atoms with Crippen molar-refractivity contribution in [2.24, 2.45) is 0 Å². The zero-order valence-corrected chi connectivity index (χ0v) is 11.9. The zero-order chi connectivity index (χ0) is 15.4. The molecule has 7 nitrogen and oxygen atoms in total. The van der Waals surface area contributed by atoms with E-state index in [1.807, 2.05) is 4.90 Å². The Kier molecular flexibility index (Phi) is 4.87. The van der Waals surface area contributed by atoms with Gasteiger partial charge in [-0.3, -0.25) is 19.8 Å². The molecule has 21 heavy (non-hydrogen) atoms. The molecule has 0 saturated carbocycles. The fourth-order valence-electron chi connectivity index (χ4n) is 2.66. The molecule has 0 bridgehead atoms.